The van der Waals surface area contributed by atoms with Crippen LogP contribution in [0.5, 0.6) is 5.75 Å². The second-order valence-electron chi connectivity index (χ2n) is 8.19. The Morgan fingerprint density at radius 1 is 0.811 bits per heavy atom. The average Bonchev–Trinajstić information content (AvgIpc) is 2.94. The zero-order valence-corrected chi connectivity index (χ0v) is 22.5. The van der Waals surface area contributed by atoms with Gasteiger partial charge in [-0.3, -0.25) is 0 Å². The summed E-state index contributed by atoms with van der Waals surface area (Å²) in [5.41, 5.74) is 3.36. The molecule has 2 aromatic carbocycles. The minimum absolute atomic E-state index is 0.198. The SMILES string of the molecule is CCCCCCCCSC(=O)Oc1cc(Cl)nnc1-c1ccccc1.c1ccc(-c2cccnn2)cc1. The summed E-state index contributed by atoms with van der Waals surface area (Å²) in [6.07, 6.45) is 8.87. The van der Waals surface area contributed by atoms with E-state index in [1.165, 1.54) is 43.5 Å². The van der Waals surface area contributed by atoms with Crippen LogP contribution in [-0.2, 0) is 0 Å². The number of nitrogens with zero attached hydrogens (tertiary/aromatic N) is 4. The van der Waals surface area contributed by atoms with Crippen LogP contribution in [0.3, 0.4) is 0 Å². The van der Waals surface area contributed by atoms with Crippen LogP contribution >= 0.6 is 23.4 Å². The molecule has 0 saturated carbocycles. The highest BCUT2D eigenvalue weighted by Crippen LogP contribution is 2.30. The lowest BCUT2D eigenvalue weighted by Crippen LogP contribution is -2.04. The van der Waals surface area contributed by atoms with Gasteiger partial charge >= 0.3 is 5.30 Å². The van der Waals surface area contributed by atoms with Gasteiger partial charge in [-0.05, 0) is 30.3 Å². The Bertz CT molecular complexity index is 1160. The molecule has 37 heavy (non-hydrogen) atoms. The predicted octanol–water partition coefficient (Wildman–Crippen LogP) is 8.53. The fraction of sp³-hybridized carbons (Fsp3) is 0.276. The molecule has 0 saturated heterocycles. The Kier molecular flexibility index (Phi) is 12.6. The number of halogens is 1. The average molecular weight is 535 g/mol. The minimum atomic E-state index is -0.338. The number of hydrogen-bond donors (Lipinski definition) is 0. The Morgan fingerprint density at radius 2 is 1.49 bits per heavy atom. The van der Waals surface area contributed by atoms with Gasteiger partial charge in [0.15, 0.2) is 10.9 Å². The number of carbonyl (C=O) groups is 1. The molecule has 0 amide bonds. The summed E-state index contributed by atoms with van der Waals surface area (Å²) >= 11 is 7.10. The number of hydrogen-bond acceptors (Lipinski definition) is 7. The van der Waals surface area contributed by atoms with Gasteiger partial charge in [0, 0.05) is 29.1 Å². The van der Waals surface area contributed by atoms with Crippen molar-refractivity contribution in [2.45, 2.75) is 45.4 Å². The van der Waals surface area contributed by atoms with Gasteiger partial charge in [0.05, 0.1) is 5.69 Å². The van der Waals surface area contributed by atoms with Gasteiger partial charge in [-0.25, -0.2) is 4.79 Å². The van der Waals surface area contributed by atoms with Gasteiger partial charge < -0.3 is 4.74 Å². The first-order valence-corrected chi connectivity index (χ1v) is 13.8. The number of rotatable bonds is 10. The third kappa shape index (κ3) is 10.3. The normalized spacial score (nSPS) is 10.3. The highest BCUT2D eigenvalue weighted by molar-refractivity contribution is 8.13. The molecule has 0 N–H and O–H groups in total. The fourth-order valence-corrected chi connectivity index (χ4v) is 4.25. The summed E-state index contributed by atoms with van der Waals surface area (Å²) < 4.78 is 5.46. The van der Waals surface area contributed by atoms with E-state index < -0.39 is 0 Å². The number of unbranched alkanes of at least 4 members (excludes halogenated alkanes) is 5. The number of carbonyl (C=O) groups excluding carboxylic acids is 1. The topological polar surface area (TPSA) is 77.9 Å². The fourth-order valence-electron chi connectivity index (χ4n) is 3.45. The molecule has 2 heterocycles. The van der Waals surface area contributed by atoms with Gasteiger partial charge in [0.25, 0.3) is 0 Å². The summed E-state index contributed by atoms with van der Waals surface area (Å²) in [7, 11) is 0. The first-order valence-electron chi connectivity index (χ1n) is 12.4. The second-order valence-corrected chi connectivity index (χ2v) is 9.61. The van der Waals surface area contributed by atoms with Crippen molar-refractivity contribution in [2.75, 3.05) is 5.75 Å². The highest BCUT2D eigenvalue weighted by Gasteiger charge is 2.14. The van der Waals surface area contributed by atoms with Crippen LogP contribution < -0.4 is 4.74 Å². The molecule has 4 rings (SSSR count). The van der Waals surface area contributed by atoms with E-state index in [-0.39, 0.29) is 10.5 Å². The van der Waals surface area contributed by atoms with Crippen molar-refractivity contribution in [1.82, 2.24) is 20.4 Å². The summed E-state index contributed by atoms with van der Waals surface area (Å²) in [5, 5.41) is 15.6. The first kappa shape index (κ1) is 28.3. The van der Waals surface area contributed by atoms with Crippen molar-refractivity contribution in [2.24, 2.45) is 0 Å². The lowest BCUT2D eigenvalue weighted by molar-refractivity contribution is 0.227. The maximum Gasteiger partial charge on any atom is 0.372 e. The minimum Gasteiger partial charge on any atom is -0.416 e. The molecule has 192 valence electrons. The molecule has 8 heteroatoms. The molecule has 6 nitrogen and oxygen atoms in total. The third-order valence-electron chi connectivity index (χ3n) is 5.33. The van der Waals surface area contributed by atoms with Crippen LogP contribution in [0, 0.1) is 0 Å². The molecular formula is C29H31ClN4O2S. The molecule has 0 aliphatic carbocycles. The van der Waals surface area contributed by atoms with Crippen LogP contribution in [0.15, 0.2) is 85.1 Å². The van der Waals surface area contributed by atoms with E-state index in [4.69, 9.17) is 16.3 Å². The van der Waals surface area contributed by atoms with Gasteiger partial charge in [0.1, 0.15) is 5.69 Å². The van der Waals surface area contributed by atoms with Crippen molar-refractivity contribution in [3.63, 3.8) is 0 Å². The number of aromatic nitrogens is 4. The molecule has 4 aromatic rings. The van der Waals surface area contributed by atoms with Crippen molar-refractivity contribution in [3.8, 4) is 28.3 Å². The maximum absolute atomic E-state index is 12.1. The van der Waals surface area contributed by atoms with Crippen LogP contribution in [0.2, 0.25) is 5.15 Å². The monoisotopic (exact) mass is 534 g/mol. The Hall–Kier alpha value is -3.29. The van der Waals surface area contributed by atoms with E-state index in [0.29, 0.717) is 11.4 Å². The molecule has 0 atom stereocenters. The maximum atomic E-state index is 12.1. The van der Waals surface area contributed by atoms with E-state index in [1.807, 2.05) is 72.8 Å². The number of thioether (sulfide) groups is 1. The van der Waals surface area contributed by atoms with Gasteiger partial charge in [-0.15, -0.1) is 10.2 Å². The lowest BCUT2D eigenvalue weighted by atomic mass is 10.1. The highest BCUT2D eigenvalue weighted by atomic mass is 35.5. The van der Waals surface area contributed by atoms with Crippen LogP contribution in [0.25, 0.3) is 22.5 Å². The lowest BCUT2D eigenvalue weighted by Gasteiger charge is -2.09. The molecule has 0 radical (unpaired) electrons. The summed E-state index contributed by atoms with van der Waals surface area (Å²) in [6, 6.07) is 24.8. The van der Waals surface area contributed by atoms with E-state index in [9.17, 15) is 4.79 Å². The molecule has 0 fully saturated rings. The van der Waals surface area contributed by atoms with E-state index >= 15 is 0 Å². The van der Waals surface area contributed by atoms with E-state index in [0.717, 1.165) is 35.4 Å². The Balaban J connectivity index is 0.000000262. The van der Waals surface area contributed by atoms with Gasteiger partial charge in [0.2, 0.25) is 0 Å². The van der Waals surface area contributed by atoms with E-state index in [1.54, 1.807) is 6.20 Å². The molecular weight excluding hydrogens is 504 g/mol. The molecule has 2 aromatic heterocycles. The van der Waals surface area contributed by atoms with E-state index in [2.05, 4.69) is 27.3 Å². The second kappa shape index (κ2) is 16.5. The molecule has 0 unspecified atom stereocenters. The van der Waals surface area contributed by atoms with Crippen LogP contribution in [0.1, 0.15) is 45.4 Å². The quantitative estimate of drug-likeness (QED) is 0.149. The number of benzene rings is 2. The van der Waals surface area contributed by atoms with Gasteiger partial charge in [-0.2, -0.15) is 10.2 Å². The Morgan fingerprint density at radius 3 is 2.16 bits per heavy atom. The van der Waals surface area contributed by atoms with Gasteiger partial charge in [-0.1, -0.05) is 111 Å². The first-order chi connectivity index (χ1) is 18.2. The van der Waals surface area contributed by atoms with Crippen molar-refractivity contribution in [1.29, 1.82) is 0 Å². The zero-order valence-electron chi connectivity index (χ0n) is 20.9. The standard InChI is InChI=1S/C19H23ClN2O2S.C10H8N2/c1-2-3-4-5-6-10-13-25-19(23)24-16-14-17(20)21-22-18(16)15-11-8-7-9-12-15;1-2-5-9(6-3-1)10-7-4-8-11-12-10/h7-9,11-12,14H,2-6,10,13H2,1H3;1-8H. The molecule has 0 bridgehead atoms. The van der Waals surface area contributed by atoms with Crippen molar-refractivity contribution < 1.29 is 9.53 Å². The largest absolute Gasteiger partial charge is 0.416 e. The third-order valence-corrected chi connectivity index (χ3v) is 6.33. The zero-order chi connectivity index (χ0) is 26.1. The Labute approximate surface area is 227 Å². The molecule has 0 spiro atoms. The summed E-state index contributed by atoms with van der Waals surface area (Å²) in [6.45, 7) is 2.20. The van der Waals surface area contributed by atoms with Crippen molar-refractivity contribution in [3.05, 3.63) is 90.2 Å². The molecule has 0 aliphatic heterocycles. The van der Waals surface area contributed by atoms with Crippen molar-refractivity contribution >= 4 is 28.7 Å². The summed E-state index contributed by atoms with van der Waals surface area (Å²) in [4.78, 5) is 12.1. The summed E-state index contributed by atoms with van der Waals surface area (Å²) in [5.74, 6) is 1.10. The van der Waals surface area contributed by atoms with Crippen LogP contribution in [0.4, 0.5) is 4.79 Å². The predicted molar refractivity (Wildman–Crippen MR) is 152 cm³/mol. The smallest absolute Gasteiger partial charge is 0.372 e. The number of ether oxygens (including phenoxy) is 1. The van der Waals surface area contributed by atoms with Crippen LogP contribution in [-0.4, -0.2) is 31.4 Å². The molecule has 0 aliphatic rings.